The molecule has 0 unspecified atom stereocenters. The van der Waals surface area contributed by atoms with Crippen LogP contribution >= 0.6 is 0 Å². The van der Waals surface area contributed by atoms with E-state index in [1.807, 2.05) is 42.5 Å². The summed E-state index contributed by atoms with van der Waals surface area (Å²) in [5.41, 5.74) is 1.31. The SMILES string of the molecule is C[C@H](CCc1ccccc1)NC(=O)C1CCN(c2cc(Oc3ccccc3)ncn2)CC1. The third-order valence-corrected chi connectivity index (χ3v) is 5.88. The topological polar surface area (TPSA) is 67.4 Å². The Balaban J connectivity index is 1.25. The number of nitrogens with zero attached hydrogens (tertiary/aromatic N) is 3. The van der Waals surface area contributed by atoms with Crippen molar-refractivity contribution in [1.29, 1.82) is 0 Å². The Morgan fingerprint density at radius 1 is 1.06 bits per heavy atom. The molecule has 1 amide bonds. The van der Waals surface area contributed by atoms with Gasteiger partial charge in [0.25, 0.3) is 0 Å². The molecule has 1 saturated heterocycles. The maximum absolute atomic E-state index is 12.7. The van der Waals surface area contributed by atoms with Crippen LogP contribution in [0.25, 0.3) is 0 Å². The molecule has 1 aliphatic rings. The van der Waals surface area contributed by atoms with Crippen LogP contribution in [0.2, 0.25) is 0 Å². The lowest BCUT2D eigenvalue weighted by molar-refractivity contribution is -0.126. The van der Waals surface area contributed by atoms with Gasteiger partial charge >= 0.3 is 0 Å². The fourth-order valence-electron chi connectivity index (χ4n) is 4.00. The highest BCUT2D eigenvalue weighted by Crippen LogP contribution is 2.26. The molecule has 3 aromatic rings. The van der Waals surface area contributed by atoms with Crippen molar-refractivity contribution in [3.05, 3.63) is 78.6 Å². The highest BCUT2D eigenvalue weighted by molar-refractivity contribution is 5.79. The zero-order valence-corrected chi connectivity index (χ0v) is 18.5. The molecule has 6 nitrogen and oxygen atoms in total. The lowest BCUT2D eigenvalue weighted by Crippen LogP contribution is -2.43. The summed E-state index contributed by atoms with van der Waals surface area (Å²) in [6.07, 6.45) is 5.08. The van der Waals surface area contributed by atoms with Gasteiger partial charge in [-0.05, 0) is 50.3 Å². The van der Waals surface area contributed by atoms with Gasteiger partial charge in [-0.15, -0.1) is 0 Å². The first-order chi connectivity index (χ1) is 15.7. The van der Waals surface area contributed by atoms with Crippen LogP contribution in [-0.2, 0) is 11.2 Å². The number of rotatable bonds is 8. The summed E-state index contributed by atoms with van der Waals surface area (Å²) in [6.45, 7) is 3.67. The maximum Gasteiger partial charge on any atom is 0.224 e. The van der Waals surface area contributed by atoms with Crippen LogP contribution in [0.15, 0.2) is 73.1 Å². The van der Waals surface area contributed by atoms with Gasteiger partial charge in [0, 0.05) is 31.1 Å². The molecule has 166 valence electrons. The molecule has 2 aromatic carbocycles. The Hall–Kier alpha value is -3.41. The highest BCUT2D eigenvalue weighted by atomic mass is 16.5. The van der Waals surface area contributed by atoms with Crippen LogP contribution in [-0.4, -0.2) is 35.0 Å². The zero-order chi connectivity index (χ0) is 22.2. The Morgan fingerprint density at radius 2 is 1.75 bits per heavy atom. The van der Waals surface area contributed by atoms with Crippen LogP contribution in [0.5, 0.6) is 11.6 Å². The highest BCUT2D eigenvalue weighted by Gasteiger charge is 2.26. The number of nitrogens with one attached hydrogen (secondary N) is 1. The van der Waals surface area contributed by atoms with Crippen molar-refractivity contribution < 1.29 is 9.53 Å². The molecule has 1 N–H and O–H groups in total. The first-order valence-corrected chi connectivity index (χ1v) is 11.3. The van der Waals surface area contributed by atoms with E-state index in [-0.39, 0.29) is 17.9 Å². The van der Waals surface area contributed by atoms with Crippen molar-refractivity contribution >= 4 is 11.7 Å². The van der Waals surface area contributed by atoms with Gasteiger partial charge in [0.1, 0.15) is 17.9 Å². The van der Waals surface area contributed by atoms with Crippen molar-refractivity contribution in [2.45, 2.75) is 38.6 Å². The van der Waals surface area contributed by atoms with Crippen LogP contribution < -0.4 is 15.0 Å². The lowest BCUT2D eigenvalue weighted by atomic mass is 9.95. The Bertz CT molecular complexity index is 989. The summed E-state index contributed by atoms with van der Waals surface area (Å²) in [4.78, 5) is 23.6. The van der Waals surface area contributed by atoms with E-state index in [1.165, 1.54) is 11.9 Å². The molecule has 1 fully saturated rings. The Labute approximate surface area is 189 Å². The second-order valence-corrected chi connectivity index (χ2v) is 8.32. The van der Waals surface area contributed by atoms with Crippen molar-refractivity contribution in [3.8, 4) is 11.6 Å². The number of ether oxygens (including phenoxy) is 1. The van der Waals surface area contributed by atoms with E-state index >= 15 is 0 Å². The summed E-state index contributed by atoms with van der Waals surface area (Å²) in [7, 11) is 0. The largest absolute Gasteiger partial charge is 0.439 e. The smallest absolute Gasteiger partial charge is 0.224 e. The molecule has 0 bridgehead atoms. The van der Waals surface area contributed by atoms with E-state index in [2.05, 4.69) is 51.4 Å². The van der Waals surface area contributed by atoms with Gasteiger partial charge in [0.15, 0.2) is 0 Å². The zero-order valence-electron chi connectivity index (χ0n) is 18.5. The minimum atomic E-state index is 0.0484. The summed E-state index contributed by atoms with van der Waals surface area (Å²) >= 11 is 0. The summed E-state index contributed by atoms with van der Waals surface area (Å²) < 4.78 is 5.83. The number of benzene rings is 2. The van der Waals surface area contributed by atoms with Gasteiger partial charge in [-0.3, -0.25) is 4.79 Å². The molecule has 1 aromatic heterocycles. The predicted molar refractivity (Wildman–Crippen MR) is 126 cm³/mol. The van der Waals surface area contributed by atoms with Gasteiger partial charge in [-0.1, -0.05) is 48.5 Å². The average molecular weight is 431 g/mol. The Morgan fingerprint density at radius 3 is 2.47 bits per heavy atom. The summed E-state index contributed by atoms with van der Waals surface area (Å²) in [5.74, 6) is 2.32. The molecular weight excluding hydrogens is 400 g/mol. The van der Waals surface area contributed by atoms with Crippen LogP contribution in [0, 0.1) is 5.92 Å². The van der Waals surface area contributed by atoms with Gasteiger partial charge < -0.3 is 15.0 Å². The fourth-order valence-corrected chi connectivity index (χ4v) is 4.00. The molecule has 1 atom stereocenters. The van der Waals surface area contributed by atoms with Crippen molar-refractivity contribution in [2.24, 2.45) is 5.92 Å². The second kappa shape index (κ2) is 10.8. The second-order valence-electron chi connectivity index (χ2n) is 8.32. The van der Waals surface area contributed by atoms with Crippen molar-refractivity contribution in [2.75, 3.05) is 18.0 Å². The summed E-state index contributed by atoms with van der Waals surface area (Å²) in [5, 5.41) is 3.21. The molecule has 0 radical (unpaired) electrons. The quantitative estimate of drug-likeness (QED) is 0.565. The van der Waals surface area contributed by atoms with Gasteiger partial charge in [-0.2, -0.15) is 0 Å². The van der Waals surface area contributed by atoms with Crippen molar-refractivity contribution in [1.82, 2.24) is 15.3 Å². The number of carbonyl (C=O) groups excluding carboxylic acids is 1. The van der Waals surface area contributed by atoms with Gasteiger partial charge in [-0.25, -0.2) is 9.97 Å². The van der Waals surface area contributed by atoms with E-state index in [1.54, 1.807) is 0 Å². The molecule has 6 heteroatoms. The molecule has 2 heterocycles. The number of piperidine rings is 1. The minimum absolute atomic E-state index is 0.0484. The van der Waals surface area contributed by atoms with E-state index in [4.69, 9.17) is 4.74 Å². The molecule has 0 aliphatic carbocycles. The van der Waals surface area contributed by atoms with Crippen LogP contribution in [0.1, 0.15) is 31.7 Å². The number of aryl methyl sites for hydroxylation is 1. The molecular formula is C26H30N4O2. The van der Waals surface area contributed by atoms with E-state index in [0.29, 0.717) is 5.88 Å². The number of para-hydroxylation sites is 1. The van der Waals surface area contributed by atoms with Crippen LogP contribution in [0.4, 0.5) is 5.82 Å². The minimum Gasteiger partial charge on any atom is -0.439 e. The first-order valence-electron chi connectivity index (χ1n) is 11.3. The normalized spacial score (nSPS) is 15.2. The third-order valence-electron chi connectivity index (χ3n) is 5.88. The molecule has 1 aliphatic heterocycles. The molecule has 32 heavy (non-hydrogen) atoms. The van der Waals surface area contributed by atoms with Gasteiger partial charge in [0.05, 0.1) is 0 Å². The van der Waals surface area contributed by atoms with E-state index in [9.17, 15) is 4.79 Å². The van der Waals surface area contributed by atoms with Crippen LogP contribution in [0.3, 0.4) is 0 Å². The number of amides is 1. The number of aromatic nitrogens is 2. The maximum atomic E-state index is 12.7. The predicted octanol–water partition coefficient (Wildman–Crippen LogP) is 4.62. The molecule has 4 rings (SSSR count). The average Bonchev–Trinajstić information content (AvgIpc) is 2.84. The summed E-state index contributed by atoms with van der Waals surface area (Å²) in [6, 6.07) is 22.0. The Kier molecular flexibility index (Phi) is 7.33. The lowest BCUT2D eigenvalue weighted by Gasteiger charge is -2.32. The molecule has 0 spiro atoms. The number of hydrogen-bond donors (Lipinski definition) is 1. The third kappa shape index (κ3) is 6.06. The van der Waals surface area contributed by atoms with Gasteiger partial charge in [0.2, 0.25) is 11.8 Å². The molecule has 0 saturated carbocycles. The van der Waals surface area contributed by atoms with E-state index < -0.39 is 0 Å². The standard InChI is InChI=1S/C26H30N4O2/c1-20(12-13-21-8-4-2-5-9-21)29-26(31)22-14-16-30(17-15-22)24-18-25(28-19-27-24)32-23-10-6-3-7-11-23/h2-11,18-20,22H,12-17H2,1H3,(H,29,31)/t20-/m1/s1. The van der Waals surface area contributed by atoms with E-state index in [0.717, 1.165) is 50.3 Å². The number of anilines is 1. The first kappa shape index (κ1) is 21.8. The monoisotopic (exact) mass is 430 g/mol. The number of hydrogen-bond acceptors (Lipinski definition) is 5. The number of carbonyl (C=O) groups is 1. The fraction of sp³-hybridized carbons (Fsp3) is 0.346. The van der Waals surface area contributed by atoms with Crippen molar-refractivity contribution in [3.63, 3.8) is 0 Å².